The van der Waals surface area contributed by atoms with Crippen LogP contribution in [-0.2, 0) is 6.42 Å². The second-order valence-corrected chi connectivity index (χ2v) is 7.05. The molecule has 1 aliphatic rings. The number of nitrogens with zero attached hydrogens (tertiary/aromatic N) is 2. The minimum Gasteiger partial charge on any atom is -0.338 e. The monoisotopic (exact) mass is 332 g/mol. The molecule has 3 nitrogen and oxygen atoms in total. The summed E-state index contributed by atoms with van der Waals surface area (Å²) >= 11 is 1.43. The maximum atomic E-state index is 12.9. The van der Waals surface area contributed by atoms with Crippen molar-refractivity contribution in [3.8, 4) is 0 Å². The van der Waals surface area contributed by atoms with Crippen LogP contribution in [0, 0.1) is 18.7 Å². The molecule has 1 aromatic heterocycles. The van der Waals surface area contributed by atoms with Crippen LogP contribution in [-0.4, -0.2) is 28.9 Å². The Balaban J connectivity index is 1.57. The van der Waals surface area contributed by atoms with E-state index in [0.717, 1.165) is 54.9 Å². The van der Waals surface area contributed by atoms with Crippen LogP contribution in [0.15, 0.2) is 29.8 Å². The molecule has 1 saturated heterocycles. The third kappa shape index (κ3) is 3.96. The van der Waals surface area contributed by atoms with Crippen LogP contribution in [0.25, 0.3) is 0 Å². The summed E-state index contributed by atoms with van der Waals surface area (Å²) in [4.78, 5) is 19.5. The summed E-state index contributed by atoms with van der Waals surface area (Å²) in [6, 6.07) is 6.72. The zero-order valence-corrected chi connectivity index (χ0v) is 14.1. The Morgan fingerprint density at radius 1 is 1.39 bits per heavy atom. The first-order valence-electron chi connectivity index (χ1n) is 8.07. The van der Waals surface area contributed by atoms with E-state index in [1.807, 2.05) is 24.0 Å². The third-order valence-electron chi connectivity index (χ3n) is 4.50. The van der Waals surface area contributed by atoms with E-state index < -0.39 is 0 Å². The molecule has 0 saturated carbocycles. The summed E-state index contributed by atoms with van der Waals surface area (Å²) in [5.41, 5.74) is 3.72. The number of amides is 1. The van der Waals surface area contributed by atoms with E-state index in [1.165, 1.54) is 23.5 Å². The predicted molar refractivity (Wildman–Crippen MR) is 90.2 cm³/mol. The van der Waals surface area contributed by atoms with Crippen LogP contribution in [0.4, 0.5) is 4.39 Å². The Bertz CT molecular complexity index is 668. The summed E-state index contributed by atoms with van der Waals surface area (Å²) in [7, 11) is 0. The Morgan fingerprint density at radius 3 is 2.87 bits per heavy atom. The van der Waals surface area contributed by atoms with Gasteiger partial charge in [0.2, 0.25) is 0 Å². The molecule has 122 valence electrons. The molecule has 0 aliphatic carbocycles. The lowest BCUT2D eigenvalue weighted by atomic mass is 9.91. The van der Waals surface area contributed by atoms with Gasteiger partial charge in [-0.1, -0.05) is 12.1 Å². The van der Waals surface area contributed by atoms with Crippen molar-refractivity contribution in [2.45, 2.75) is 32.6 Å². The number of aromatic nitrogens is 1. The minimum absolute atomic E-state index is 0.122. The Morgan fingerprint density at radius 2 is 2.17 bits per heavy atom. The molecule has 2 aromatic rings. The lowest BCUT2D eigenvalue weighted by Gasteiger charge is -2.32. The molecular formula is C18H21FN2OS. The maximum Gasteiger partial charge on any atom is 0.265 e. The molecule has 1 fully saturated rings. The van der Waals surface area contributed by atoms with Crippen molar-refractivity contribution < 1.29 is 9.18 Å². The highest BCUT2D eigenvalue weighted by atomic mass is 32.1. The lowest BCUT2D eigenvalue weighted by Crippen LogP contribution is -2.40. The normalized spacial score (nSPS) is 18.2. The fourth-order valence-electron chi connectivity index (χ4n) is 3.16. The molecule has 0 bridgehead atoms. The Hall–Kier alpha value is -1.75. The van der Waals surface area contributed by atoms with Gasteiger partial charge in [0, 0.05) is 13.1 Å². The van der Waals surface area contributed by atoms with Crippen molar-refractivity contribution >= 4 is 17.2 Å². The molecule has 1 unspecified atom stereocenters. The number of likely N-dealkylation sites (tertiary alicyclic amines) is 1. The SMILES string of the molecule is Cc1ncsc1C(=O)N1CCCC(CCc2ccc(F)cc2)C1. The van der Waals surface area contributed by atoms with Crippen LogP contribution in [0.5, 0.6) is 0 Å². The van der Waals surface area contributed by atoms with Gasteiger partial charge in [0.15, 0.2) is 0 Å². The van der Waals surface area contributed by atoms with Gasteiger partial charge in [-0.05, 0) is 56.2 Å². The van der Waals surface area contributed by atoms with Crippen LogP contribution >= 0.6 is 11.3 Å². The highest BCUT2D eigenvalue weighted by Crippen LogP contribution is 2.24. The molecule has 1 atom stereocenters. The van der Waals surface area contributed by atoms with Crippen molar-refractivity contribution in [3.63, 3.8) is 0 Å². The fraction of sp³-hybridized carbons (Fsp3) is 0.444. The molecule has 0 radical (unpaired) electrons. The first-order chi connectivity index (χ1) is 11.1. The lowest BCUT2D eigenvalue weighted by molar-refractivity contribution is 0.0672. The Labute approximate surface area is 140 Å². The summed E-state index contributed by atoms with van der Waals surface area (Å²) in [6.07, 6.45) is 4.19. The minimum atomic E-state index is -0.192. The standard InChI is InChI=1S/C18H21FN2OS/c1-13-17(23-12-20-13)18(22)21-10-2-3-15(11-21)5-4-14-6-8-16(19)9-7-14/h6-9,12,15H,2-5,10-11H2,1H3. The average Bonchev–Trinajstić information content (AvgIpc) is 3.00. The van der Waals surface area contributed by atoms with Crippen molar-refractivity contribution in [2.24, 2.45) is 5.92 Å². The zero-order chi connectivity index (χ0) is 16.2. The van der Waals surface area contributed by atoms with Crippen LogP contribution in [0.3, 0.4) is 0 Å². The first-order valence-corrected chi connectivity index (χ1v) is 8.95. The van der Waals surface area contributed by atoms with Gasteiger partial charge in [0.1, 0.15) is 10.7 Å². The fourth-order valence-corrected chi connectivity index (χ4v) is 3.93. The smallest absolute Gasteiger partial charge is 0.265 e. The largest absolute Gasteiger partial charge is 0.338 e. The average molecular weight is 332 g/mol. The molecule has 1 aliphatic heterocycles. The summed E-state index contributed by atoms with van der Waals surface area (Å²) < 4.78 is 12.9. The van der Waals surface area contributed by atoms with Gasteiger partial charge < -0.3 is 4.90 Å². The van der Waals surface area contributed by atoms with Crippen LogP contribution in [0.2, 0.25) is 0 Å². The molecule has 0 N–H and O–H groups in total. The number of hydrogen-bond acceptors (Lipinski definition) is 3. The van der Waals surface area contributed by atoms with E-state index in [2.05, 4.69) is 4.98 Å². The highest BCUT2D eigenvalue weighted by molar-refractivity contribution is 7.11. The number of hydrogen-bond donors (Lipinski definition) is 0. The van der Waals surface area contributed by atoms with Gasteiger partial charge >= 0.3 is 0 Å². The van der Waals surface area contributed by atoms with Crippen molar-refractivity contribution in [3.05, 3.63) is 51.7 Å². The summed E-state index contributed by atoms with van der Waals surface area (Å²) in [5, 5.41) is 0. The first kappa shape index (κ1) is 16.1. The molecule has 5 heteroatoms. The van der Waals surface area contributed by atoms with Crippen molar-refractivity contribution in [2.75, 3.05) is 13.1 Å². The number of benzene rings is 1. The topological polar surface area (TPSA) is 33.2 Å². The number of thiazole rings is 1. The van der Waals surface area contributed by atoms with Gasteiger partial charge in [-0.3, -0.25) is 4.79 Å². The number of carbonyl (C=O) groups is 1. The molecule has 1 amide bonds. The maximum absolute atomic E-state index is 12.9. The van der Waals surface area contributed by atoms with E-state index in [1.54, 1.807) is 5.51 Å². The summed E-state index contributed by atoms with van der Waals surface area (Å²) in [5.74, 6) is 0.450. The third-order valence-corrected chi connectivity index (χ3v) is 5.42. The van der Waals surface area contributed by atoms with Crippen LogP contribution < -0.4 is 0 Å². The number of halogens is 1. The van der Waals surface area contributed by atoms with Gasteiger partial charge in [0.25, 0.3) is 5.91 Å². The van der Waals surface area contributed by atoms with E-state index in [9.17, 15) is 9.18 Å². The van der Waals surface area contributed by atoms with Crippen molar-refractivity contribution in [1.29, 1.82) is 0 Å². The van der Waals surface area contributed by atoms with Gasteiger partial charge in [-0.25, -0.2) is 9.37 Å². The second-order valence-electron chi connectivity index (χ2n) is 6.19. The number of piperidine rings is 1. The van der Waals surface area contributed by atoms with E-state index >= 15 is 0 Å². The second kappa shape index (κ2) is 7.21. The van der Waals surface area contributed by atoms with Gasteiger partial charge in [-0.2, -0.15) is 0 Å². The highest BCUT2D eigenvalue weighted by Gasteiger charge is 2.26. The Kier molecular flexibility index (Phi) is 5.06. The van der Waals surface area contributed by atoms with Crippen LogP contribution in [0.1, 0.15) is 40.2 Å². The molecule has 23 heavy (non-hydrogen) atoms. The molecular weight excluding hydrogens is 311 g/mol. The molecule has 1 aromatic carbocycles. The van der Waals surface area contributed by atoms with Gasteiger partial charge in [0.05, 0.1) is 11.2 Å². The quantitative estimate of drug-likeness (QED) is 0.845. The predicted octanol–water partition coefficient (Wildman–Crippen LogP) is 4.08. The molecule has 2 heterocycles. The van der Waals surface area contributed by atoms with E-state index in [0.29, 0.717) is 5.92 Å². The van der Waals surface area contributed by atoms with Crippen molar-refractivity contribution in [1.82, 2.24) is 9.88 Å². The van der Waals surface area contributed by atoms with E-state index in [-0.39, 0.29) is 11.7 Å². The summed E-state index contributed by atoms with van der Waals surface area (Å²) in [6.45, 7) is 3.54. The molecule has 3 rings (SSSR count). The van der Waals surface area contributed by atoms with E-state index in [4.69, 9.17) is 0 Å². The molecule has 0 spiro atoms. The number of carbonyl (C=O) groups excluding carboxylic acids is 1. The van der Waals surface area contributed by atoms with Gasteiger partial charge in [-0.15, -0.1) is 11.3 Å². The number of rotatable bonds is 4. The number of aryl methyl sites for hydroxylation is 2. The zero-order valence-electron chi connectivity index (χ0n) is 13.3.